The van der Waals surface area contributed by atoms with Crippen molar-refractivity contribution in [1.82, 2.24) is 5.32 Å². The van der Waals surface area contributed by atoms with Crippen molar-refractivity contribution in [3.05, 3.63) is 35.1 Å². The molecule has 80 valence electrons. The van der Waals surface area contributed by atoms with Gasteiger partial charge in [-0.25, -0.2) is 4.39 Å². The highest BCUT2D eigenvalue weighted by Gasteiger charge is 2.03. The Bertz CT molecular complexity index is 368. The number of nitrogens with zero attached hydrogens (tertiary/aromatic N) is 1. The molecule has 1 atom stereocenters. The zero-order valence-electron chi connectivity index (χ0n) is 9.05. The molecule has 0 spiro atoms. The maximum atomic E-state index is 13.3. The van der Waals surface area contributed by atoms with E-state index in [1.807, 2.05) is 19.9 Å². The molecule has 0 aliphatic carbocycles. The van der Waals surface area contributed by atoms with Crippen LogP contribution in [0.5, 0.6) is 0 Å². The van der Waals surface area contributed by atoms with Gasteiger partial charge in [-0.1, -0.05) is 17.7 Å². The lowest BCUT2D eigenvalue weighted by molar-refractivity contribution is 0.564. The molecule has 1 aromatic carbocycles. The van der Waals surface area contributed by atoms with Crippen LogP contribution in [0, 0.1) is 30.0 Å². The van der Waals surface area contributed by atoms with Crippen LogP contribution in [0.1, 0.15) is 18.1 Å². The van der Waals surface area contributed by atoms with Crippen molar-refractivity contribution < 1.29 is 4.39 Å². The number of halogens is 1. The Morgan fingerprint density at radius 2 is 2.27 bits per heavy atom. The molecule has 1 N–H and O–H groups in total. The van der Waals surface area contributed by atoms with Crippen LogP contribution in [0.4, 0.5) is 4.39 Å². The number of rotatable bonds is 4. The lowest BCUT2D eigenvalue weighted by Crippen LogP contribution is -2.20. The maximum absolute atomic E-state index is 13.3. The molecule has 0 aromatic heterocycles. The van der Waals surface area contributed by atoms with Gasteiger partial charge in [0.15, 0.2) is 0 Å². The van der Waals surface area contributed by atoms with Gasteiger partial charge in [0.2, 0.25) is 0 Å². The summed E-state index contributed by atoms with van der Waals surface area (Å²) < 4.78 is 13.3. The number of aryl methyl sites for hydroxylation is 1. The molecule has 1 rings (SSSR count). The first-order valence-electron chi connectivity index (χ1n) is 4.99. The Hall–Kier alpha value is -1.40. The molecular formula is C12H15FN2. The Labute approximate surface area is 89.7 Å². The second kappa shape index (κ2) is 5.47. The average molecular weight is 206 g/mol. The first-order valence-corrected chi connectivity index (χ1v) is 4.99. The molecule has 1 unspecified atom stereocenters. The molecule has 0 heterocycles. The molecule has 0 fully saturated rings. The summed E-state index contributed by atoms with van der Waals surface area (Å²) in [6.07, 6.45) is 0. The second-order valence-electron chi connectivity index (χ2n) is 3.76. The topological polar surface area (TPSA) is 35.8 Å². The summed E-state index contributed by atoms with van der Waals surface area (Å²) in [6, 6.07) is 7.16. The van der Waals surface area contributed by atoms with Crippen molar-refractivity contribution in [3.63, 3.8) is 0 Å². The van der Waals surface area contributed by atoms with E-state index in [2.05, 4.69) is 11.4 Å². The number of hydrogen-bond donors (Lipinski definition) is 1. The fraction of sp³-hybridized carbons (Fsp3) is 0.417. The third-order valence-electron chi connectivity index (χ3n) is 2.19. The predicted molar refractivity (Wildman–Crippen MR) is 57.6 cm³/mol. The van der Waals surface area contributed by atoms with Crippen molar-refractivity contribution in [3.8, 4) is 6.07 Å². The number of nitrogens with one attached hydrogen (secondary N) is 1. The Kier molecular flexibility index (Phi) is 4.26. The van der Waals surface area contributed by atoms with E-state index in [0.29, 0.717) is 18.7 Å². The van der Waals surface area contributed by atoms with E-state index in [9.17, 15) is 4.39 Å². The van der Waals surface area contributed by atoms with Gasteiger partial charge in [-0.15, -0.1) is 0 Å². The van der Waals surface area contributed by atoms with Gasteiger partial charge in [0.05, 0.1) is 12.0 Å². The third kappa shape index (κ3) is 3.69. The Morgan fingerprint density at radius 1 is 1.53 bits per heavy atom. The zero-order chi connectivity index (χ0) is 11.3. The highest BCUT2D eigenvalue weighted by atomic mass is 19.1. The third-order valence-corrected chi connectivity index (χ3v) is 2.19. The molecule has 15 heavy (non-hydrogen) atoms. The van der Waals surface area contributed by atoms with Gasteiger partial charge in [0.25, 0.3) is 0 Å². The van der Waals surface area contributed by atoms with E-state index in [0.717, 1.165) is 5.56 Å². The standard InChI is InChI=1S/C12H15FN2/c1-9-3-4-12(13)11(5-9)8-15-7-10(2)6-14/h3-5,10,15H,7-8H2,1-2H3. The van der Waals surface area contributed by atoms with Crippen molar-refractivity contribution in [2.45, 2.75) is 20.4 Å². The second-order valence-corrected chi connectivity index (χ2v) is 3.76. The summed E-state index contributed by atoms with van der Waals surface area (Å²) in [4.78, 5) is 0. The minimum atomic E-state index is -0.197. The van der Waals surface area contributed by atoms with Crippen molar-refractivity contribution in [2.75, 3.05) is 6.54 Å². The monoisotopic (exact) mass is 206 g/mol. The summed E-state index contributed by atoms with van der Waals surface area (Å²) in [5, 5.41) is 11.6. The molecule has 1 aromatic rings. The van der Waals surface area contributed by atoms with Gasteiger partial charge in [-0.2, -0.15) is 5.26 Å². The van der Waals surface area contributed by atoms with Gasteiger partial charge in [0.1, 0.15) is 5.82 Å². The molecule has 3 heteroatoms. The zero-order valence-corrected chi connectivity index (χ0v) is 9.05. The van der Waals surface area contributed by atoms with Crippen molar-refractivity contribution >= 4 is 0 Å². The Morgan fingerprint density at radius 3 is 2.93 bits per heavy atom. The lowest BCUT2D eigenvalue weighted by Gasteiger charge is -2.07. The van der Waals surface area contributed by atoms with Crippen LogP contribution in [0.3, 0.4) is 0 Å². The van der Waals surface area contributed by atoms with Crippen LogP contribution in [0.25, 0.3) is 0 Å². The minimum absolute atomic E-state index is 0.0436. The van der Waals surface area contributed by atoms with Gasteiger partial charge in [0, 0.05) is 18.7 Å². The quantitative estimate of drug-likeness (QED) is 0.821. The highest BCUT2D eigenvalue weighted by Crippen LogP contribution is 2.09. The molecule has 2 nitrogen and oxygen atoms in total. The molecule has 0 aliphatic heterocycles. The number of nitriles is 1. The molecular weight excluding hydrogens is 191 g/mol. The smallest absolute Gasteiger partial charge is 0.127 e. The first kappa shape index (κ1) is 11.7. The molecule has 0 saturated carbocycles. The van der Waals surface area contributed by atoms with Crippen LogP contribution in [-0.4, -0.2) is 6.54 Å². The largest absolute Gasteiger partial charge is 0.311 e. The van der Waals surface area contributed by atoms with Crippen LogP contribution in [0.2, 0.25) is 0 Å². The molecule has 0 saturated heterocycles. The van der Waals surface area contributed by atoms with E-state index in [1.165, 1.54) is 6.07 Å². The molecule has 0 amide bonds. The van der Waals surface area contributed by atoms with Gasteiger partial charge < -0.3 is 5.32 Å². The van der Waals surface area contributed by atoms with Crippen molar-refractivity contribution in [2.24, 2.45) is 5.92 Å². The van der Waals surface area contributed by atoms with Crippen LogP contribution >= 0.6 is 0 Å². The van der Waals surface area contributed by atoms with Gasteiger partial charge in [-0.05, 0) is 19.9 Å². The van der Waals surface area contributed by atoms with E-state index < -0.39 is 0 Å². The summed E-state index contributed by atoms with van der Waals surface area (Å²) in [5.41, 5.74) is 1.70. The van der Waals surface area contributed by atoms with Crippen molar-refractivity contribution in [1.29, 1.82) is 5.26 Å². The Balaban J connectivity index is 2.51. The summed E-state index contributed by atoms with van der Waals surface area (Å²) in [5.74, 6) is -0.240. The fourth-order valence-corrected chi connectivity index (χ4v) is 1.31. The first-order chi connectivity index (χ1) is 7.13. The average Bonchev–Trinajstić information content (AvgIpc) is 2.23. The summed E-state index contributed by atoms with van der Waals surface area (Å²) in [6.45, 7) is 4.82. The maximum Gasteiger partial charge on any atom is 0.127 e. The SMILES string of the molecule is Cc1ccc(F)c(CNCC(C)C#N)c1. The molecule has 0 aliphatic rings. The number of hydrogen-bond acceptors (Lipinski definition) is 2. The van der Waals surface area contributed by atoms with Gasteiger partial charge in [-0.3, -0.25) is 0 Å². The normalized spacial score (nSPS) is 12.1. The fourth-order valence-electron chi connectivity index (χ4n) is 1.31. The highest BCUT2D eigenvalue weighted by molar-refractivity contribution is 5.23. The number of benzene rings is 1. The summed E-state index contributed by atoms with van der Waals surface area (Å²) >= 11 is 0. The molecule has 0 bridgehead atoms. The lowest BCUT2D eigenvalue weighted by atomic mass is 10.1. The molecule has 0 radical (unpaired) electrons. The van der Waals surface area contributed by atoms with E-state index in [1.54, 1.807) is 6.07 Å². The minimum Gasteiger partial charge on any atom is -0.311 e. The summed E-state index contributed by atoms with van der Waals surface area (Å²) in [7, 11) is 0. The van der Waals surface area contributed by atoms with Gasteiger partial charge >= 0.3 is 0 Å². The van der Waals surface area contributed by atoms with E-state index >= 15 is 0 Å². The van der Waals surface area contributed by atoms with Crippen LogP contribution in [-0.2, 0) is 6.54 Å². The van der Waals surface area contributed by atoms with E-state index in [-0.39, 0.29) is 11.7 Å². The van der Waals surface area contributed by atoms with Crippen LogP contribution in [0.15, 0.2) is 18.2 Å². The van der Waals surface area contributed by atoms with E-state index in [4.69, 9.17) is 5.26 Å². The van der Waals surface area contributed by atoms with Crippen LogP contribution < -0.4 is 5.32 Å². The predicted octanol–water partition coefficient (Wildman–Crippen LogP) is 2.38.